The van der Waals surface area contributed by atoms with Gasteiger partial charge in [-0.15, -0.1) is 0 Å². The smallest absolute Gasteiger partial charge is 0.122 e. The number of thioether (sulfide) groups is 1. The first-order chi connectivity index (χ1) is 8.66. The Labute approximate surface area is 114 Å². The fraction of sp³-hybridized carbons (Fsp3) is 0.714. The van der Waals surface area contributed by atoms with Gasteiger partial charge in [0.05, 0.1) is 12.8 Å². The third kappa shape index (κ3) is 3.77. The van der Waals surface area contributed by atoms with Crippen molar-refractivity contribution < 1.29 is 4.42 Å². The molecular formula is C14H24N2OS. The summed E-state index contributed by atoms with van der Waals surface area (Å²) in [5.74, 6) is 3.60. The number of furan rings is 1. The molecule has 2 heterocycles. The molecule has 1 unspecified atom stereocenters. The molecule has 18 heavy (non-hydrogen) atoms. The van der Waals surface area contributed by atoms with Crippen LogP contribution in [0.2, 0.25) is 0 Å². The van der Waals surface area contributed by atoms with E-state index in [0.717, 1.165) is 18.8 Å². The summed E-state index contributed by atoms with van der Waals surface area (Å²) in [6.45, 7) is 9.67. The highest BCUT2D eigenvalue weighted by molar-refractivity contribution is 7.99. The summed E-state index contributed by atoms with van der Waals surface area (Å²) in [4.78, 5) is 2.52. The highest BCUT2D eigenvalue weighted by Crippen LogP contribution is 2.20. The minimum absolute atomic E-state index is 0.512. The first-order valence-electron chi connectivity index (χ1n) is 6.77. The average molecular weight is 268 g/mol. The third-order valence-electron chi connectivity index (χ3n) is 3.39. The average Bonchev–Trinajstić information content (AvgIpc) is 2.77. The summed E-state index contributed by atoms with van der Waals surface area (Å²) in [6, 6.07) is 3.26. The van der Waals surface area contributed by atoms with Gasteiger partial charge < -0.3 is 9.73 Å². The second-order valence-electron chi connectivity index (χ2n) is 5.30. The molecule has 1 aromatic rings. The van der Waals surface area contributed by atoms with Crippen LogP contribution in [0.25, 0.3) is 0 Å². The molecule has 1 aliphatic heterocycles. The maximum Gasteiger partial charge on any atom is 0.122 e. The van der Waals surface area contributed by atoms with Crippen molar-refractivity contribution in [3.63, 3.8) is 0 Å². The molecule has 1 aliphatic rings. The lowest BCUT2D eigenvalue weighted by Crippen LogP contribution is -2.39. The van der Waals surface area contributed by atoms with Gasteiger partial charge in [-0.3, -0.25) is 4.90 Å². The van der Waals surface area contributed by atoms with Crippen molar-refractivity contribution in [3.8, 4) is 0 Å². The Balaban J connectivity index is 1.94. The van der Waals surface area contributed by atoms with Crippen molar-refractivity contribution in [1.29, 1.82) is 0 Å². The van der Waals surface area contributed by atoms with Crippen molar-refractivity contribution in [2.45, 2.75) is 45.9 Å². The van der Waals surface area contributed by atoms with Gasteiger partial charge in [0.15, 0.2) is 0 Å². The Bertz CT molecular complexity index is 364. The molecule has 1 N–H and O–H groups in total. The van der Waals surface area contributed by atoms with Gasteiger partial charge in [0, 0.05) is 42.2 Å². The van der Waals surface area contributed by atoms with E-state index >= 15 is 0 Å². The van der Waals surface area contributed by atoms with E-state index in [-0.39, 0.29) is 0 Å². The lowest BCUT2D eigenvalue weighted by molar-refractivity contribution is 0.205. The molecule has 1 fully saturated rings. The molecule has 0 bridgehead atoms. The SMILES string of the molecule is CC(C)NCc1ccoc1CN1CCSCC1C. The van der Waals surface area contributed by atoms with Crippen LogP contribution in [-0.2, 0) is 13.1 Å². The quantitative estimate of drug-likeness (QED) is 0.889. The molecule has 1 aromatic heterocycles. The standard InChI is InChI=1S/C14H24N2OS/c1-11(2)15-8-13-4-6-17-14(13)9-16-5-7-18-10-12(16)3/h4,6,11-12,15H,5,7-10H2,1-3H3. The summed E-state index contributed by atoms with van der Waals surface area (Å²) in [6.07, 6.45) is 1.82. The molecule has 2 rings (SSSR count). The van der Waals surface area contributed by atoms with Crippen LogP contribution in [0.5, 0.6) is 0 Å². The number of nitrogens with zero attached hydrogens (tertiary/aromatic N) is 1. The summed E-state index contributed by atoms with van der Waals surface area (Å²) >= 11 is 2.05. The maximum atomic E-state index is 5.66. The molecule has 4 heteroatoms. The number of nitrogens with one attached hydrogen (secondary N) is 1. The molecule has 102 valence electrons. The van der Waals surface area contributed by atoms with E-state index in [1.165, 1.54) is 23.6 Å². The number of hydrogen-bond donors (Lipinski definition) is 1. The summed E-state index contributed by atoms with van der Waals surface area (Å²) in [5, 5.41) is 3.45. The zero-order valence-corrected chi connectivity index (χ0v) is 12.4. The Morgan fingerprint density at radius 1 is 1.56 bits per heavy atom. The van der Waals surface area contributed by atoms with Crippen LogP contribution in [-0.4, -0.2) is 35.0 Å². The highest BCUT2D eigenvalue weighted by Gasteiger charge is 2.20. The normalized spacial score (nSPS) is 21.7. The van der Waals surface area contributed by atoms with E-state index in [1.807, 2.05) is 6.26 Å². The Morgan fingerprint density at radius 3 is 3.11 bits per heavy atom. The topological polar surface area (TPSA) is 28.4 Å². The first-order valence-corrected chi connectivity index (χ1v) is 7.92. The van der Waals surface area contributed by atoms with Gasteiger partial charge in [-0.25, -0.2) is 0 Å². The van der Waals surface area contributed by atoms with Gasteiger partial charge in [-0.1, -0.05) is 13.8 Å². The number of rotatable bonds is 5. The van der Waals surface area contributed by atoms with Crippen LogP contribution in [0.3, 0.4) is 0 Å². The first kappa shape index (κ1) is 14.0. The van der Waals surface area contributed by atoms with Crippen molar-refractivity contribution in [2.24, 2.45) is 0 Å². The van der Waals surface area contributed by atoms with Crippen molar-refractivity contribution in [2.75, 3.05) is 18.1 Å². The molecule has 0 saturated carbocycles. The molecule has 3 nitrogen and oxygen atoms in total. The van der Waals surface area contributed by atoms with Gasteiger partial charge in [0.2, 0.25) is 0 Å². The number of hydrogen-bond acceptors (Lipinski definition) is 4. The Morgan fingerprint density at radius 2 is 2.39 bits per heavy atom. The monoisotopic (exact) mass is 268 g/mol. The summed E-state index contributed by atoms with van der Waals surface area (Å²) < 4.78 is 5.66. The van der Waals surface area contributed by atoms with Crippen molar-refractivity contribution in [3.05, 3.63) is 23.7 Å². The molecular weight excluding hydrogens is 244 g/mol. The van der Waals surface area contributed by atoms with Crippen LogP contribution in [0.15, 0.2) is 16.7 Å². The van der Waals surface area contributed by atoms with E-state index in [0.29, 0.717) is 12.1 Å². The van der Waals surface area contributed by atoms with E-state index < -0.39 is 0 Å². The van der Waals surface area contributed by atoms with Crippen LogP contribution >= 0.6 is 11.8 Å². The second-order valence-corrected chi connectivity index (χ2v) is 6.45. The van der Waals surface area contributed by atoms with Crippen LogP contribution < -0.4 is 5.32 Å². The fourth-order valence-corrected chi connectivity index (χ4v) is 3.24. The largest absolute Gasteiger partial charge is 0.468 e. The molecule has 1 atom stereocenters. The molecule has 0 radical (unpaired) electrons. The van der Waals surface area contributed by atoms with E-state index in [2.05, 4.69) is 48.8 Å². The Kier molecular flexibility index (Phi) is 5.15. The van der Waals surface area contributed by atoms with E-state index in [9.17, 15) is 0 Å². The minimum Gasteiger partial charge on any atom is -0.468 e. The minimum atomic E-state index is 0.512. The molecule has 0 spiro atoms. The van der Waals surface area contributed by atoms with Crippen LogP contribution in [0.4, 0.5) is 0 Å². The van der Waals surface area contributed by atoms with Gasteiger partial charge in [0.1, 0.15) is 5.76 Å². The molecule has 0 aliphatic carbocycles. The van der Waals surface area contributed by atoms with Crippen LogP contribution in [0, 0.1) is 0 Å². The van der Waals surface area contributed by atoms with Gasteiger partial charge in [0.25, 0.3) is 0 Å². The molecule has 0 amide bonds. The predicted molar refractivity (Wildman–Crippen MR) is 77.9 cm³/mol. The zero-order chi connectivity index (χ0) is 13.0. The lowest BCUT2D eigenvalue weighted by Gasteiger charge is -2.32. The lowest BCUT2D eigenvalue weighted by atomic mass is 10.2. The van der Waals surface area contributed by atoms with Gasteiger partial charge in [-0.05, 0) is 13.0 Å². The second kappa shape index (κ2) is 6.64. The van der Waals surface area contributed by atoms with Crippen LogP contribution in [0.1, 0.15) is 32.1 Å². The molecule has 0 aromatic carbocycles. The third-order valence-corrected chi connectivity index (χ3v) is 4.58. The zero-order valence-electron chi connectivity index (χ0n) is 11.6. The van der Waals surface area contributed by atoms with E-state index in [4.69, 9.17) is 4.42 Å². The fourth-order valence-electron chi connectivity index (χ4n) is 2.16. The van der Waals surface area contributed by atoms with Crippen molar-refractivity contribution in [1.82, 2.24) is 10.2 Å². The van der Waals surface area contributed by atoms with E-state index in [1.54, 1.807) is 0 Å². The predicted octanol–water partition coefficient (Wildman–Crippen LogP) is 2.71. The Hall–Kier alpha value is -0.450. The maximum absolute atomic E-state index is 5.66. The summed E-state index contributed by atoms with van der Waals surface area (Å²) in [5.41, 5.74) is 1.30. The molecule has 1 saturated heterocycles. The van der Waals surface area contributed by atoms with Crippen molar-refractivity contribution >= 4 is 11.8 Å². The summed E-state index contributed by atoms with van der Waals surface area (Å²) in [7, 11) is 0. The van der Waals surface area contributed by atoms with Gasteiger partial charge in [-0.2, -0.15) is 11.8 Å². The highest BCUT2D eigenvalue weighted by atomic mass is 32.2. The van der Waals surface area contributed by atoms with Gasteiger partial charge >= 0.3 is 0 Å².